The average molecular weight is 166 g/mol. The van der Waals surface area contributed by atoms with E-state index in [1.807, 2.05) is 26.8 Å². The summed E-state index contributed by atoms with van der Waals surface area (Å²) in [5, 5.41) is 0. The lowest BCUT2D eigenvalue weighted by atomic mass is 9.97. The highest BCUT2D eigenvalue weighted by molar-refractivity contribution is 5.94. The molecule has 0 N–H and O–H groups in total. The molecule has 1 nitrogen and oxygen atoms in total. The fourth-order valence-electron chi connectivity index (χ4n) is 1.23. The number of ketones is 1. The Kier molecular flexibility index (Phi) is 4.57. The summed E-state index contributed by atoms with van der Waals surface area (Å²) < 4.78 is 0. The summed E-state index contributed by atoms with van der Waals surface area (Å²) in [6.45, 7) is 9.64. The van der Waals surface area contributed by atoms with Gasteiger partial charge in [-0.3, -0.25) is 4.79 Å². The van der Waals surface area contributed by atoms with E-state index in [2.05, 4.69) is 6.92 Å². The van der Waals surface area contributed by atoms with Crippen LogP contribution in [0.25, 0.3) is 0 Å². The minimum Gasteiger partial charge on any atom is -0.295 e. The molecule has 0 rings (SSSR count). The van der Waals surface area contributed by atoms with Gasteiger partial charge in [0.25, 0.3) is 0 Å². The molecule has 12 heavy (non-hydrogen) atoms. The van der Waals surface area contributed by atoms with Gasteiger partial charge in [0.15, 0.2) is 5.78 Å². The lowest BCUT2D eigenvalue weighted by molar-refractivity contribution is -0.113. The van der Waals surface area contributed by atoms with Gasteiger partial charge < -0.3 is 0 Å². The van der Waals surface area contributed by atoms with Crippen LogP contribution in [-0.4, -0.2) is 5.78 Å². The Labute approximate surface area is 75.2 Å². The standard InChI is InChI=1S/C11H18O/c1-6-8(3)11(7-2)9(4)10(5)12/h6H,7H2,1-5H3/b8-6+,11-9?. The smallest absolute Gasteiger partial charge is 0.155 e. The van der Waals surface area contributed by atoms with Crippen molar-refractivity contribution in [3.8, 4) is 0 Å². The molecule has 0 aliphatic heterocycles. The van der Waals surface area contributed by atoms with Crippen molar-refractivity contribution in [1.29, 1.82) is 0 Å². The molecule has 0 heterocycles. The topological polar surface area (TPSA) is 17.1 Å². The predicted molar refractivity (Wildman–Crippen MR) is 53.1 cm³/mol. The molecular weight excluding hydrogens is 148 g/mol. The first-order chi connectivity index (χ1) is 5.54. The van der Waals surface area contributed by atoms with E-state index in [1.54, 1.807) is 6.92 Å². The Morgan fingerprint density at radius 3 is 2.00 bits per heavy atom. The van der Waals surface area contributed by atoms with Gasteiger partial charge in [-0.15, -0.1) is 0 Å². The largest absolute Gasteiger partial charge is 0.295 e. The van der Waals surface area contributed by atoms with Gasteiger partial charge in [0.05, 0.1) is 0 Å². The molecule has 0 aliphatic carbocycles. The maximum atomic E-state index is 11.1. The summed E-state index contributed by atoms with van der Waals surface area (Å²) >= 11 is 0. The summed E-state index contributed by atoms with van der Waals surface area (Å²) in [5.74, 6) is 0.174. The second-order valence-electron chi connectivity index (χ2n) is 2.98. The summed E-state index contributed by atoms with van der Waals surface area (Å²) in [5.41, 5.74) is 3.29. The zero-order valence-corrected chi connectivity index (χ0v) is 8.69. The van der Waals surface area contributed by atoms with Crippen LogP contribution in [0.3, 0.4) is 0 Å². The fourth-order valence-corrected chi connectivity index (χ4v) is 1.23. The van der Waals surface area contributed by atoms with Gasteiger partial charge in [0, 0.05) is 0 Å². The van der Waals surface area contributed by atoms with Gasteiger partial charge in [0.1, 0.15) is 0 Å². The third-order valence-corrected chi connectivity index (χ3v) is 2.24. The number of carbonyl (C=O) groups is 1. The van der Waals surface area contributed by atoms with Crippen molar-refractivity contribution in [3.63, 3.8) is 0 Å². The molecule has 1 heteroatoms. The number of rotatable bonds is 3. The highest BCUT2D eigenvalue weighted by atomic mass is 16.1. The number of hydrogen-bond donors (Lipinski definition) is 0. The minimum atomic E-state index is 0.174. The Balaban J connectivity index is 5.00. The van der Waals surface area contributed by atoms with Crippen LogP contribution in [0.2, 0.25) is 0 Å². The van der Waals surface area contributed by atoms with Crippen LogP contribution < -0.4 is 0 Å². The van der Waals surface area contributed by atoms with Crippen molar-refractivity contribution >= 4 is 5.78 Å². The first-order valence-electron chi connectivity index (χ1n) is 4.38. The summed E-state index contributed by atoms with van der Waals surface area (Å²) in [4.78, 5) is 11.1. The molecule has 0 saturated heterocycles. The summed E-state index contributed by atoms with van der Waals surface area (Å²) in [7, 11) is 0. The monoisotopic (exact) mass is 166 g/mol. The lowest BCUT2D eigenvalue weighted by Crippen LogP contribution is -1.98. The maximum absolute atomic E-state index is 11.1. The normalized spacial score (nSPS) is 14.2. The van der Waals surface area contributed by atoms with Crippen LogP contribution in [0.4, 0.5) is 0 Å². The van der Waals surface area contributed by atoms with E-state index in [1.165, 1.54) is 11.1 Å². The molecule has 68 valence electrons. The van der Waals surface area contributed by atoms with E-state index in [0.717, 1.165) is 12.0 Å². The highest BCUT2D eigenvalue weighted by Gasteiger charge is 2.05. The van der Waals surface area contributed by atoms with Crippen LogP contribution in [-0.2, 0) is 4.79 Å². The van der Waals surface area contributed by atoms with Crippen LogP contribution >= 0.6 is 0 Å². The molecule has 0 unspecified atom stereocenters. The predicted octanol–water partition coefficient (Wildman–Crippen LogP) is 3.27. The van der Waals surface area contributed by atoms with Crippen molar-refractivity contribution in [2.45, 2.75) is 41.0 Å². The van der Waals surface area contributed by atoms with Crippen LogP contribution in [0.15, 0.2) is 22.8 Å². The van der Waals surface area contributed by atoms with Crippen LogP contribution in [0.5, 0.6) is 0 Å². The van der Waals surface area contributed by atoms with Gasteiger partial charge in [0.2, 0.25) is 0 Å². The maximum Gasteiger partial charge on any atom is 0.155 e. The first kappa shape index (κ1) is 11.2. The number of carbonyl (C=O) groups excluding carboxylic acids is 1. The molecule has 0 bridgehead atoms. The Hall–Kier alpha value is -0.850. The molecule has 0 aliphatic rings. The van der Waals surface area contributed by atoms with E-state index < -0.39 is 0 Å². The summed E-state index contributed by atoms with van der Waals surface area (Å²) in [6, 6.07) is 0. The number of hydrogen-bond acceptors (Lipinski definition) is 1. The second-order valence-corrected chi connectivity index (χ2v) is 2.98. The van der Waals surface area contributed by atoms with E-state index in [4.69, 9.17) is 0 Å². The third kappa shape index (κ3) is 2.65. The molecule has 0 aromatic carbocycles. The molecule has 0 radical (unpaired) electrons. The zero-order chi connectivity index (χ0) is 9.72. The van der Waals surface area contributed by atoms with Crippen molar-refractivity contribution in [2.24, 2.45) is 0 Å². The van der Waals surface area contributed by atoms with E-state index in [0.29, 0.717) is 0 Å². The fraction of sp³-hybridized carbons (Fsp3) is 0.545. The molecule has 0 saturated carbocycles. The van der Waals surface area contributed by atoms with Gasteiger partial charge >= 0.3 is 0 Å². The Bertz CT molecular complexity index is 231. The van der Waals surface area contributed by atoms with E-state index >= 15 is 0 Å². The van der Waals surface area contributed by atoms with Crippen molar-refractivity contribution in [1.82, 2.24) is 0 Å². The SMILES string of the molecule is C/C=C(\C)C(CC)=C(C)C(C)=O. The van der Waals surface area contributed by atoms with Crippen molar-refractivity contribution in [2.75, 3.05) is 0 Å². The van der Waals surface area contributed by atoms with Gasteiger partial charge in [-0.05, 0) is 45.3 Å². The Morgan fingerprint density at radius 1 is 1.25 bits per heavy atom. The number of allylic oxidation sites excluding steroid dienone is 4. The molecular formula is C11H18O. The molecule has 0 aromatic rings. The quantitative estimate of drug-likeness (QED) is 0.464. The minimum absolute atomic E-state index is 0.174. The van der Waals surface area contributed by atoms with Gasteiger partial charge in [-0.2, -0.15) is 0 Å². The lowest BCUT2D eigenvalue weighted by Gasteiger charge is -2.07. The molecule has 0 atom stereocenters. The molecule has 0 fully saturated rings. The highest BCUT2D eigenvalue weighted by Crippen LogP contribution is 2.18. The molecule has 0 spiro atoms. The summed E-state index contributed by atoms with van der Waals surface area (Å²) in [6.07, 6.45) is 2.98. The van der Waals surface area contributed by atoms with Crippen molar-refractivity contribution in [3.05, 3.63) is 22.8 Å². The second kappa shape index (κ2) is 4.91. The molecule has 0 amide bonds. The number of Topliss-reactive ketones (excluding diaryl/α,β-unsaturated/α-hetero) is 1. The third-order valence-electron chi connectivity index (χ3n) is 2.24. The van der Waals surface area contributed by atoms with E-state index in [9.17, 15) is 4.79 Å². The van der Waals surface area contributed by atoms with Crippen LogP contribution in [0.1, 0.15) is 41.0 Å². The van der Waals surface area contributed by atoms with E-state index in [-0.39, 0.29) is 5.78 Å². The zero-order valence-electron chi connectivity index (χ0n) is 8.69. The van der Waals surface area contributed by atoms with Gasteiger partial charge in [-0.1, -0.05) is 18.6 Å². The van der Waals surface area contributed by atoms with Crippen LogP contribution in [0, 0.1) is 0 Å². The first-order valence-corrected chi connectivity index (χ1v) is 4.38. The van der Waals surface area contributed by atoms with Gasteiger partial charge in [-0.25, -0.2) is 0 Å². The van der Waals surface area contributed by atoms with Crippen molar-refractivity contribution < 1.29 is 4.79 Å². The Morgan fingerprint density at radius 2 is 1.75 bits per heavy atom. The average Bonchev–Trinajstić information content (AvgIpc) is 2.05. The molecule has 0 aromatic heterocycles.